The fourth-order valence-electron chi connectivity index (χ4n) is 1.19. The van der Waals surface area contributed by atoms with Gasteiger partial charge in [0, 0.05) is 6.04 Å². The molecule has 1 aromatic carbocycles. The average molecular weight is 268 g/mol. The van der Waals surface area contributed by atoms with Crippen molar-refractivity contribution >= 4 is 11.6 Å². The van der Waals surface area contributed by atoms with Gasteiger partial charge < -0.3 is 10.5 Å². The molecular weight excluding hydrogens is 255 g/mol. The molecule has 0 fully saturated rings. The van der Waals surface area contributed by atoms with Gasteiger partial charge in [0.2, 0.25) is 0 Å². The Morgan fingerprint density at radius 1 is 1.41 bits per heavy atom. The maximum Gasteiger partial charge on any atom is 0.392 e. The van der Waals surface area contributed by atoms with Crippen LogP contribution in [0.2, 0.25) is 5.02 Å². The lowest BCUT2D eigenvalue weighted by Gasteiger charge is -2.12. The molecule has 0 radical (unpaired) electrons. The lowest BCUT2D eigenvalue weighted by Crippen LogP contribution is -2.13. The van der Waals surface area contributed by atoms with Gasteiger partial charge in [-0.05, 0) is 24.6 Å². The molecule has 0 aliphatic heterocycles. The Kier molecular flexibility index (Phi) is 4.65. The highest BCUT2D eigenvalue weighted by atomic mass is 35.5. The second kappa shape index (κ2) is 5.60. The highest BCUT2D eigenvalue weighted by Crippen LogP contribution is 2.28. The number of alkyl halides is 3. The molecule has 0 spiro atoms. The number of hydrogen-bond donors (Lipinski definition) is 1. The summed E-state index contributed by atoms with van der Waals surface area (Å²) in [5, 5.41) is 0.266. The van der Waals surface area contributed by atoms with Crippen LogP contribution in [-0.2, 0) is 0 Å². The van der Waals surface area contributed by atoms with Gasteiger partial charge in [-0.1, -0.05) is 17.7 Å². The molecule has 96 valence electrons. The van der Waals surface area contributed by atoms with E-state index < -0.39 is 19.2 Å². The maximum atomic E-state index is 11.9. The average Bonchev–Trinajstić information content (AvgIpc) is 2.18. The standard InChI is InChI=1S/C11H13ClF3NO/c1-7(16)8-2-3-10(9(12)6-8)17-5-4-11(13,14)15/h2-3,6-7H,4-5,16H2,1H3/t7-/m1/s1. The normalized spacial score (nSPS) is 13.5. The van der Waals surface area contributed by atoms with Crippen LogP contribution in [0.5, 0.6) is 5.75 Å². The third kappa shape index (κ3) is 4.83. The van der Waals surface area contributed by atoms with Gasteiger partial charge in [-0.25, -0.2) is 0 Å². The number of benzene rings is 1. The van der Waals surface area contributed by atoms with E-state index >= 15 is 0 Å². The summed E-state index contributed by atoms with van der Waals surface area (Å²) >= 11 is 5.86. The van der Waals surface area contributed by atoms with Crippen molar-refractivity contribution in [2.45, 2.75) is 25.6 Å². The molecule has 0 amide bonds. The summed E-state index contributed by atoms with van der Waals surface area (Å²) in [6.07, 6.45) is -5.23. The predicted molar refractivity (Wildman–Crippen MR) is 60.2 cm³/mol. The van der Waals surface area contributed by atoms with Crippen molar-refractivity contribution in [2.75, 3.05) is 6.61 Å². The molecule has 2 nitrogen and oxygen atoms in total. The van der Waals surface area contributed by atoms with E-state index in [1.54, 1.807) is 19.1 Å². The molecule has 0 aromatic heterocycles. The van der Waals surface area contributed by atoms with Crippen molar-refractivity contribution in [2.24, 2.45) is 5.73 Å². The molecule has 6 heteroatoms. The van der Waals surface area contributed by atoms with E-state index in [4.69, 9.17) is 22.1 Å². The molecule has 1 rings (SSSR count). The van der Waals surface area contributed by atoms with Crippen molar-refractivity contribution in [3.63, 3.8) is 0 Å². The quantitative estimate of drug-likeness (QED) is 0.903. The predicted octanol–water partition coefficient (Wildman–Crippen LogP) is 3.69. The third-order valence-electron chi connectivity index (χ3n) is 2.12. The number of ether oxygens (including phenoxy) is 1. The fraction of sp³-hybridized carbons (Fsp3) is 0.455. The van der Waals surface area contributed by atoms with Crippen molar-refractivity contribution in [3.05, 3.63) is 28.8 Å². The molecular formula is C11H13ClF3NO. The van der Waals surface area contributed by atoms with E-state index in [0.29, 0.717) is 0 Å². The molecule has 0 unspecified atom stereocenters. The van der Waals surface area contributed by atoms with E-state index in [2.05, 4.69) is 0 Å². The van der Waals surface area contributed by atoms with Crippen LogP contribution in [0, 0.1) is 0 Å². The Morgan fingerprint density at radius 2 is 2.06 bits per heavy atom. The molecule has 0 saturated heterocycles. The van der Waals surface area contributed by atoms with Gasteiger partial charge in [0.15, 0.2) is 0 Å². The van der Waals surface area contributed by atoms with Crippen LogP contribution >= 0.6 is 11.6 Å². The SMILES string of the molecule is C[C@@H](N)c1ccc(OCCC(F)(F)F)c(Cl)c1. The summed E-state index contributed by atoms with van der Waals surface area (Å²) in [4.78, 5) is 0. The Labute approximate surface area is 103 Å². The minimum Gasteiger partial charge on any atom is -0.492 e. The van der Waals surface area contributed by atoms with Gasteiger partial charge in [0.05, 0.1) is 18.1 Å². The highest BCUT2D eigenvalue weighted by Gasteiger charge is 2.26. The molecule has 1 atom stereocenters. The summed E-state index contributed by atoms with van der Waals surface area (Å²) in [7, 11) is 0. The van der Waals surface area contributed by atoms with Crippen LogP contribution in [0.3, 0.4) is 0 Å². The first-order valence-electron chi connectivity index (χ1n) is 5.04. The number of hydrogen-bond acceptors (Lipinski definition) is 2. The highest BCUT2D eigenvalue weighted by molar-refractivity contribution is 6.32. The molecule has 0 aliphatic carbocycles. The Morgan fingerprint density at radius 3 is 2.53 bits per heavy atom. The van der Waals surface area contributed by atoms with Crippen molar-refractivity contribution < 1.29 is 17.9 Å². The zero-order valence-corrected chi connectivity index (χ0v) is 9.98. The largest absolute Gasteiger partial charge is 0.492 e. The molecule has 2 N–H and O–H groups in total. The first-order valence-corrected chi connectivity index (χ1v) is 5.42. The minimum absolute atomic E-state index is 0.184. The van der Waals surface area contributed by atoms with E-state index in [1.807, 2.05) is 0 Å². The Bertz CT molecular complexity index is 379. The van der Waals surface area contributed by atoms with E-state index in [0.717, 1.165) is 5.56 Å². The molecule has 0 heterocycles. The van der Waals surface area contributed by atoms with E-state index in [9.17, 15) is 13.2 Å². The van der Waals surface area contributed by atoms with Crippen LogP contribution in [0.15, 0.2) is 18.2 Å². The third-order valence-corrected chi connectivity index (χ3v) is 2.42. The van der Waals surface area contributed by atoms with Gasteiger partial charge in [-0.3, -0.25) is 0 Å². The summed E-state index contributed by atoms with van der Waals surface area (Å²) in [6.45, 7) is 1.34. The van der Waals surface area contributed by atoms with Gasteiger partial charge in [-0.2, -0.15) is 13.2 Å². The van der Waals surface area contributed by atoms with Gasteiger partial charge in [-0.15, -0.1) is 0 Å². The topological polar surface area (TPSA) is 35.2 Å². The van der Waals surface area contributed by atoms with Crippen molar-refractivity contribution in [1.29, 1.82) is 0 Å². The van der Waals surface area contributed by atoms with Crippen LogP contribution in [-0.4, -0.2) is 12.8 Å². The van der Waals surface area contributed by atoms with Gasteiger partial charge in [0.1, 0.15) is 5.75 Å². The Balaban J connectivity index is 2.61. The molecule has 1 aromatic rings. The van der Waals surface area contributed by atoms with Gasteiger partial charge in [0.25, 0.3) is 0 Å². The van der Waals surface area contributed by atoms with Crippen molar-refractivity contribution in [1.82, 2.24) is 0 Å². The molecule has 0 bridgehead atoms. The number of nitrogens with two attached hydrogens (primary N) is 1. The van der Waals surface area contributed by atoms with Crippen LogP contribution < -0.4 is 10.5 Å². The smallest absolute Gasteiger partial charge is 0.392 e. The molecule has 0 saturated carbocycles. The second-order valence-corrected chi connectivity index (χ2v) is 4.10. The number of rotatable bonds is 4. The molecule has 17 heavy (non-hydrogen) atoms. The zero-order valence-electron chi connectivity index (χ0n) is 9.22. The van der Waals surface area contributed by atoms with Crippen LogP contribution in [0.4, 0.5) is 13.2 Å². The van der Waals surface area contributed by atoms with E-state index in [-0.39, 0.29) is 16.8 Å². The molecule has 0 aliphatic rings. The van der Waals surface area contributed by atoms with E-state index in [1.165, 1.54) is 6.07 Å². The lowest BCUT2D eigenvalue weighted by atomic mass is 10.1. The fourth-order valence-corrected chi connectivity index (χ4v) is 1.44. The monoisotopic (exact) mass is 267 g/mol. The zero-order chi connectivity index (χ0) is 13.1. The summed E-state index contributed by atoms with van der Waals surface area (Å²) in [5.41, 5.74) is 6.45. The van der Waals surface area contributed by atoms with Gasteiger partial charge >= 0.3 is 6.18 Å². The summed E-state index contributed by atoms with van der Waals surface area (Å²) in [6, 6.07) is 4.61. The number of halogens is 4. The first-order chi connectivity index (χ1) is 7.79. The van der Waals surface area contributed by atoms with Crippen LogP contribution in [0.1, 0.15) is 24.9 Å². The maximum absolute atomic E-state index is 11.9. The Hall–Kier alpha value is -0.940. The first kappa shape index (κ1) is 14.1. The summed E-state index contributed by atoms with van der Waals surface area (Å²) in [5.74, 6) is 0.236. The second-order valence-electron chi connectivity index (χ2n) is 3.69. The minimum atomic E-state index is -4.22. The summed E-state index contributed by atoms with van der Waals surface area (Å²) < 4.78 is 40.7. The lowest BCUT2D eigenvalue weighted by molar-refractivity contribution is -0.139. The van der Waals surface area contributed by atoms with Crippen molar-refractivity contribution in [3.8, 4) is 5.75 Å². The van der Waals surface area contributed by atoms with Crippen LogP contribution in [0.25, 0.3) is 0 Å².